The van der Waals surface area contributed by atoms with Crippen molar-refractivity contribution in [1.82, 2.24) is 4.57 Å². The van der Waals surface area contributed by atoms with Crippen LogP contribution in [0.15, 0.2) is 77.3 Å². The van der Waals surface area contributed by atoms with Crippen LogP contribution >= 0.6 is 15.9 Å². The van der Waals surface area contributed by atoms with Crippen molar-refractivity contribution in [2.75, 3.05) is 0 Å². The average molecular weight is 813 g/mol. The number of nitrogens with zero attached hydrogens (tertiary/aromatic N) is 1. The fraction of sp³-hybridized carbons (Fsp3) is 0.519. The molecule has 0 aliphatic heterocycles. The molecule has 7 rings (SSSR count). The van der Waals surface area contributed by atoms with Crippen molar-refractivity contribution < 1.29 is 0 Å². The fourth-order valence-corrected chi connectivity index (χ4v) is 10.6. The van der Waals surface area contributed by atoms with E-state index in [2.05, 4.69) is 128 Å². The molecule has 0 aliphatic carbocycles. The smallest absolute Gasteiger partial charge is 0.0509 e. The van der Waals surface area contributed by atoms with E-state index in [-0.39, 0.29) is 5.41 Å². The van der Waals surface area contributed by atoms with Crippen molar-refractivity contribution in [3.05, 3.63) is 82.8 Å². The molecule has 1 heterocycles. The molecule has 0 aliphatic rings. The Morgan fingerprint density at radius 2 is 0.946 bits per heavy atom. The summed E-state index contributed by atoms with van der Waals surface area (Å²) in [5, 5.41) is 11.3. The summed E-state index contributed by atoms with van der Waals surface area (Å²) in [6.45, 7) is 12.7. The number of fused-ring (bicyclic) bond motifs is 1. The van der Waals surface area contributed by atoms with E-state index in [1.165, 1.54) is 204 Å². The second-order valence-corrected chi connectivity index (χ2v) is 19.4. The zero-order chi connectivity index (χ0) is 39.1. The molecule has 6 aromatic carbocycles. The van der Waals surface area contributed by atoms with E-state index in [1.807, 2.05) is 0 Å². The summed E-state index contributed by atoms with van der Waals surface area (Å²) in [6.07, 6.45) is 27.8. The summed E-state index contributed by atoms with van der Waals surface area (Å²) in [6, 6.07) is 28.5. The Labute approximate surface area is 347 Å². The summed E-state index contributed by atoms with van der Waals surface area (Å²) in [4.78, 5) is 0. The van der Waals surface area contributed by atoms with Crippen LogP contribution in [0, 0.1) is 5.92 Å². The number of unbranched alkanes of at least 4 members (excludes halogenated alkanes) is 16. The third kappa shape index (κ3) is 8.97. The van der Waals surface area contributed by atoms with Crippen LogP contribution in [0.4, 0.5) is 0 Å². The van der Waals surface area contributed by atoms with Crippen LogP contribution in [-0.2, 0) is 12.0 Å². The van der Waals surface area contributed by atoms with Gasteiger partial charge in [0.15, 0.2) is 0 Å². The first kappa shape index (κ1) is 41.1. The highest BCUT2D eigenvalue weighted by Crippen LogP contribution is 2.50. The molecule has 0 saturated heterocycles. The number of rotatable bonds is 23. The van der Waals surface area contributed by atoms with Gasteiger partial charge in [0, 0.05) is 32.6 Å². The van der Waals surface area contributed by atoms with Gasteiger partial charge in [-0.25, -0.2) is 0 Å². The molecule has 298 valence electrons. The third-order valence-electron chi connectivity index (χ3n) is 13.3. The monoisotopic (exact) mass is 811 g/mol. The molecule has 1 nitrogen and oxygen atoms in total. The maximum absolute atomic E-state index is 4.10. The number of aromatic nitrogens is 1. The van der Waals surface area contributed by atoms with Crippen molar-refractivity contribution in [1.29, 1.82) is 0 Å². The van der Waals surface area contributed by atoms with Gasteiger partial charge in [-0.05, 0) is 74.5 Å². The number of halogens is 1. The van der Waals surface area contributed by atoms with Gasteiger partial charge < -0.3 is 4.57 Å². The first-order valence-corrected chi connectivity index (χ1v) is 23.8. The molecule has 0 spiro atoms. The minimum absolute atomic E-state index is 0.131. The lowest BCUT2D eigenvalue weighted by molar-refractivity contribution is 0.364. The van der Waals surface area contributed by atoms with Crippen LogP contribution in [0.3, 0.4) is 0 Å². The van der Waals surface area contributed by atoms with Gasteiger partial charge in [-0.2, -0.15) is 0 Å². The molecule has 1 unspecified atom stereocenters. The molecule has 1 atom stereocenters. The Morgan fingerprint density at radius 1 is 0.500 bits per heavy atom. The van der Waals surface area contributed by atoms with Crippen molar-refractivity contribution in [2.45, 2.75) is 175 Å². The van der Waals surface area contributed by atoms with E-state index < -0.39 is 0 Å². The highest BCUT2D eigenvalue weighted by molar-refractivity contribution is 9.10. The third-order valence-corrected chi connectivity index (χ3v) is 13.9. The molecule has 0 bridgehead atoms. The maximum atomic E-state index is 4.10. The van der Waals surface area contributed by atoms with Crippen LogP contribution in [0.1, 0.15) is 169 Å². The Balaban J connectivity index is 1.24. The van der Waals surface area contributed by atoms with Crippen LogP contribution in [0.5, 0.6) is 0 Å². The molecular weight excluding hydrogens is 743 g/mol. The van der Waals surface area contributed by atoms with Gasteiger partial charge in [-0.15, -0.1) is 0 Å². The molecule has 7 aromatic rings. The number of benzene rings is 6. The van der Waals surface area contributed by atoms with E-state index >= 15 is 0 Å². The lowest BCUT2D eigenvalue weighted by Gasteiger charge is -2.21. The summed E-state index contributed by atoms with van der Waals surface area (Å²) in [5.41, 5.74) is 7.04. The summed E-state index contributed by atoms with van der Waals surface area (Å²) in [7, 11) is 0. The predicted molar refractivity (Wildman–Crippen MR) is 253 cm³/mol. The van der Waals surface area contributed by atoms with Crippen molar-refractivity contribution in [3.63, 3.8) is 0 Å². The molecule has 0 radical (unpaired) electrons. The average Bonchev–Trinajstić information content (AvgIpc) is 3.51. The van der Waals surface area contributed by atoms with E-state index in [0.717, 1.165) is 6.54 Å². The zero-order valence-corrected chi connectivity index (χ0v) is 37.3. The van der Waals surface area contributed by atoms with Crippen molar-refractivity contribution in [2.24, 2.45) is 5.92 Å². The van der Waals surface area contributed by atoms with Gasteiger partial charge in [0.1, 0.15) is 0 Å². The van der Waals surface area contributed by atoms with E-state index in [0.29, 0.717) is 5.92 Å². The molecule has 2 heteroatoms. The quantitative estimate of drug-likeness (QED) is 0.0344. The highest BCUT2D eigenvalue weighted by atomic mass is 79.9. The van der Waals surface area contributed by atoms with E-state index in [4.69, 9.17) is 0 Å². The Hall–Kier alpha value is -3.10. The minimum Gasteiger partial charge on any atom is -0.340 e. The Morgan fingerprint density at radius 3 is 1.46 bits per heavy atom. The van der Waals surface area contributed by atoms with Crippen molar-refractivity contribution >= 4 is 70.1 Å². The molecule has 0 fully saturated rings. The number of hydrogen-bond acceptors (Lipinski definition) is 0. The normalized spacial score (nSPS) is 13.2. The standard InChI is InChI=1S/C54H70BrN/c1-6-8-10-12-14-16-17-19-21-23-27-39(26-22-20-18-15-13-11-9-7-2)38-56-48-36-46(40-32-34-41(35-33-40)54(3,4)5)44-30-24-28-42-43-29-25-31-45-47(55)37-49(56)53(51(43)45)52(48)50(42)44/h24-25,28-37,39H,6-23,26-27,38H2,1-5H3. The minimum atomic E-state index is 0.131. The molecule has 0 N–H and O–H groups in total. The van der Waals surface area contributed by atoms with Gasteiger partial charge in [0.05, 0.1) is 11.0 Å². The predicted octanol–water partition coefficient (Wildman–Crippen LogP) is 18.3. The topological polar surface area (TPSA) is 4.93 Å². The first-order valence-electron chi connectivity index (χ1n) is 23.1. The molecule has 0 saturated carbocycles. The van der Waals surface area contributed by atoms with Gasteiger partial charge in [-0.3, -0.25) is 0 Å². The van der Waals surface area contributed by atoms with Crippen LogP contribution in [0.25, 0.3) is 65.3 Å². The second kappa shape index (κ2) is 19.1. The maximum Gasteiger partial charge on any atom is 0.0509 e. The van der Waals surface area contributed by atoms with Crippen LogP contribution in [0.2, 0.25) is 0 Å². The second-order valence-electron chi connectivity index (χ2n) is 18.6. The summed E-state index contributed by atoms with van der Waals surface area (Å²) in [5.74, 6) is 0.689. The SMILES string of the molecule is CCCCCCCCCCCCC(CCCCCCCCCC)Cn1c2cc(Br)c3cccc4c5cccc6c(-c7ccc(C(C)(C)C)cc7)cc1c(c65)c2c34. The van der Waals surface area contributed by atoms with E-state index in [1.54, 1.807) is 0 Å². The largest absolute Gasteiger partial charge is 0.340 e. The highest BCUT2D eigenvalue weighted by Gasteiger charge is 2.26. The zero-order valence-electron chi connectivity index (χ0n) is 35.7. The first-order chi connectivity index (χ1) is 27.3. The Bertz CT molecular complexity index is 2260. The van der Waals surface area contributed by atoms with Crippen LogP contribution in [-0.4, -0.2) is 4.57 Å². The van der Waals surface area contributed by atoms with Gasteiger partial charge in [-0.1, -0.05) is 227 Å². The lowest BCUT2D eigenvalue weighted by Crippen LogP contribution is -2.11. The fourth-order valence-electron chi connectivity index (χ4n) is 10.0. The van der Waals surface area contributed by atoms with Gasteiger partial charge >= 0.3 is 0 Å². The van der Waals surface area contributed by atoms with Gasteiger partial charge in [0.2, 0.25) is 0 Å². The molecule has 0 amide bonds. The lowest BCUT2D eigenvalue weighted by atomic mass is 9.84. The molecule has 1 aromatic heterocycles. The summed E-state index contributed by atoms with van der Waals surface area (Å²) < 4.78 is 4.00. The Kier molecular flexibility index (Phi) is 14.0. The molecular formula is C54H70BrN. The van der Waals surface area contributed by atoms with E-state index in [9.17, 15) is 0 Å². The molecule has 56 heavy (non-hydrogen) atoms. The van der Waals surface area contributed by atoms with Crippen molar-refractivity contribution in [3.8, 4) is 11.1 Å². The van der Waals surface area contributed by atoms with Crippen LogP contribution < -0.4 is 0 Å². The van der Waals surface area contributed by atoms with Gasteiger partial charge in [0.25, 0.3) is 0 Å². The summed E-state index contributed by atoms with van der Waals surface area (Å²) >= 11 is 4.10. The number of hydrogen-bond donors (Lipinski definition) is 0.